The van der Waals surface area contributed by atoms with Crippen LogP contribution in [0.5, 0.6) is 0 Å². The Hall–Kier alpha value is -2.69. The number of likely N-dealkylation sites (N-methyl/N-ethyl adjacent to an activating group) is 1. The van der Waals surface area contributed by atoms with Gasteiger partial charge in [-0.15, -0.1) is 0 Å². The van der Waals surface area contributed by atoms with Gasteiger partial charge in [0.15, 0.2) is 5.60 Å². The van der Waals surface area contributed by atoms with Crippen molar-refractivity contribution < 1.29 is 18.7 Å². The molecule has 1 unspecified atom stereocenters. The predicted molar refractivity (Wildman–Crippen MR) is 88.4 cm³/mol. The number of hydrogen-bond acceptors (Lipinski definition) is 3. The molecule has 0 radical (unpaired) electrons. The molecule has 24 heavy (non-hydrogen) atoms. The fourth-order valence-electron chi connectivity index (χ4n) is 3.00. The number of halogens is 1. The van der Waals surface area contributed by atoms with Gasteiger partial charge in [-0.05, 0) is 49.7 Å². The van der Waals surface area contributed by atoms with Crippen LogP contribution in [0.25, 0.3) is 0 Å². The molecule has 0 N–H and O–H groups in total. The first-order chi connectivity index (χ1) is 11.4. The highest BCUT2D eigenvalue weighted by Crippen LogP contribution is 2.31. The predicted octanol–water partition coefficient (Wildman–Crippen LogP) is 3.35. The number of cyclic esters (lactones) is 1. The summed E-state index contributed by atoms with van der Waals surface area (Å²) in [6.07, 6.45) is 0.311. The van der Waals surface area contributed by atoms with Crippen LogP contribution in [0.15, 0.2) is 48.5 Å². The molecule has 2 aromatic carbocycles. The number of esters is 1. The van der Waals surface area contributed by atoms with E-state index >= 15 is 0 Å². The first-order valence-electron chi connectivity index (χ1n) is 7.83. The van der Waals surface area contributed by atoms with Crippen LogP contribution < -0.4 is 4.90 Å². The maximum atomic E-state index is 13.1. The zero-order valence-electron chi connectivity index (χ0n) is 13.6. The molecule has 2 aromatic rings. The van der Waals surface area contributed by atoms with Crippen molar-refractivity contribution in [1.82, 2.24) is 0 Å². The highest BCUT2D eigenvalue weighted by Gasteiger charge is 2.44. The van der Waals surface area contributed by atoms with Crippen LogP contribution in [0.3, 0.4) is 0 Å². The summed E-state index contributed by atoms with van der Waals surface area (Å²) in [5.41, 5.74) is 0.572. The Morgan fingerprint density at radius 2 is 1.88 bits per heavy atom. The molecule has 1 amide bonds. The van der Waals surface area contributed by atoms with Crippen molar-refractivity contribution in [3.05, 3.63) is 65.5 Å². The van der Waals surface area contributed by atoms with Crippen LogP contribution in [0, 0.1) is 5.82 Å². The summed E-state index contributed by atoms with van der Waals surface area (Å²) in [5, 5.41) is 0. The lowest BCUT2D eigenvalue weighted by Crippen LogP contribution is -2.53. The van der Waals surface area contributed by atoms with Gasteiger partial charge >= 0.3 is 5.97 Å². The van der Waals surface area contributed by atoms with Gasteiger partial charge in [0.2, 0.25) is 0 Å². The second-order valence-electron chi connectivity index (χ2n) is 5.98. The number of carbonyl (C=O) groups excluding carboxylic acids is 2. The molecule has 0 saturated carbocycles. The number of fused-ring (bicyclic) bond motifs is 1. The van der Waals surface area contributed by atoms with Gasteiger partial charge in [-0.3, -0.25) is 4.79 Å². The van der Waals surface area contributed by atoms with Crippen molar-refractivity contribution in [2.75, 3.05) is 11.4 Å². The lowest BCUT2D eigenvalue weighted by Gasteiger charge is -2.36. The van der Waals surface area contributed by atoms with E-state index in [4.69, 9.17) is 4.74 Å². The number of ether oxygens (including phenoxy) is 1. The van der Waals surface area contributed by atoms with Gasteiger partial charge in [0.05, 0.1) is 5.56 Å². The van der Waals surface area contributed by atoms with Crippen molar-refractivity contribution in [3.63, 3.8) is 0 Å². The van der Waals surface area contributed by atoms with Gasteiger partial charge in [-0.1, -0.05) is 18.2 Å². The minimum atomic E-state index is -1.28. The van der Waals surface area contributed by atoms with E-state index in [2.05, 4.69) is 0 Å². The van der Waals surface area contributed by atoms with Crippen LogP contribution in [-0.4, -0.2) is 24.0 Å². The van der Waals surface area contributed by atoms with Crippen molar-refractivity contribution in [2.45, 2.75) is 25.9 Å². The smallest absolute Gasteiger partial charge is 0.339 e. The third-order valence-corrected chi connectivity index (χ3v) is 4.24. The number of rotatable bonds is 3. The minimum Gasteiger partial charge on any atom is -0.445 e. The zero-order chi connectivity index (χ0) is 17.3. The zero-order valence-corrected chi connectivity index (χ0v) is 13.6. The van der Waals surface area contributed by atoms with Crippen LogP contribution in [-0.2, 0) is 16.0 Å². The van der Waals surface area contributed by atoms with Gasteiger partial charge in [0, 0.05) is 18.7 Å². The van der Waals surface area contributed by atoms with Gasteiger partial charge in [0.25, 0.3) is 5.91 Å². The monoisotopic (exact) mass is 327 g/mol. The van der Waals surface area contributed by atoms with Crippen molar-refractivity contribution >= 4 is 17.6 Å². The number of amides is 1. The second kappa shape index (κ2) is 6.07. The molecule has 124 valence electrons. The van der Waals surface area contributed by atoms with E-state index in [1.807, 2.05) is 19.1 Å². The Labute approximate surface area is 139 Å². The molecule has 1 aliphatic heterocycles. The van der Waals surface area contributed by atoms with Crippen molar-refractivity contribution in [2.24, 2.45) is 0 Å². The standard InChI is InChI=1S/C19H18FNO3/c1-3-21(15-10-8-14(20)9-11-15)18(23)19(2)12-13-6-4-5-7-16(13)17(22)24-19/h4-11H,3,12H2,1-2H3. The third kappa shape index (κ3) is 2.77. The maximum Gasteiger partial charge on any atom is 0.339 e. The van der Waals surface area contributed by atoms with Crippen molar-refractivity contribution in [3.8, 4) is 0 Å². The molecule has 0 fully saturated rings. The molecule has 3 rings (SSSR count). The molecule has 5 heteroatoms. The van der Waals surface area contributed by atoms with E-state index in [-0.39, 0.29) is 11.7 Å². The van der Waals surface area contributed by atoms with E-state index in [1.54, 1.807) is 31.2 Å². The van der Waals surface area contributed by atoms with E-state index in [1.165, 1.54) is 17.0 Å². The number of nitrogens with zero attached hydrogens (tertiary/aromatic N) is 1. The molecular formula is C19H18FNO3. The van der Waals surface area contributed by atoms with Crippen LogP contribution >= 0.6 is 0 Å². The minimum absolute atomic E-state index is 0.311. The fraction of sp³-hybridized carbons (Fsp3) is 0.263. The Bertz CT molecular complexity index is 787. The molecule has 0 bridgehead atoms. The summed E-state index contributed by atoms with van der Waals surface area (Å²) in [7, 11) is 0. The Morgan fingerprint density at radius 1 is 1.21 bits per heavy atom. The quantitative estimate of drug-likeness (QED) is 0.812. The number of benzene rings is 2. The molecule has 0 aromatic heterocycles. The third-order valence-electron chi connectivity index (χ3n) is 4.24. The summed E-state index contributed by atoms with van der Waals surface area (Å²) in [5.74, 6) is -1.19. The Morgan fingerprint density at radius 3 is 2.54 bits per heavy atom. The van der Waals surface area contributed by atoms with Crippen LogP contribution in [0.2, 0.25) is 0 Å². The van der Waals surface area contributed by atoms with E-state index < -0.39 is 11.6 Å². The van der Waals surface area contributed by atoms with Crippen LogP contribution in [0.1, 0.15) is 29.8 Å². The number of hydrogen-bond donors (Lipinski definition) is 0. The van der Waals surface area contributed by atoms with Gasteiger partial charge in [-0.25, -0.2) is 9.18 Å². The number of anilines is 1. The van der Waals surface area contributed by atoms with E-state index in [0.29, 0.717) is 24.2 Å². The summed E-state index contributed by atoms with van der Waals surface area (Å²) in [4.78, 5) is 26.8. The van der Waals surface area contributed by atoms with Gasteiger partial charge in [0.1, 0.15) is 5.82 Å². The fourth-order valence-corrected chi connectivity index (χ4v) is 3.00. The lowest BCUT2D eigenvalue weighted by atomic mass is 9.88. The molecular weight excluding hydrogens is 309 g/mol. The highest BCUT2D eigenvalue weighted by molar-refractivity contribution is 6.03. The van der Waals surface area contributed by atoms with E-state index in [0.717, 1.165) is 5.56 Å². The average Bonchev–Trinajstić information content (AvgIpc) is 2.57. The summed E-state index contributed by atoms with van der Waals surface area (Å²) >= 11 is 0. The molecule has 0 spiro atoms. The summed E-state index contributed by atoms with van der Waals surface area (Å²) in [6.45, 7) is 3.83. The maximum absolute atomic E-state index is 13.1. The molecule has 1 atom stereocenters. The highest BCUT2D eigenvalue weighted by atomic mass is 19.1. The molecule has 1 aliphatic rings. The largest absolute Gasteiger partial charge is 0.445 e. The Kier molecular flexibility index (Phi) is 4.09. The van der Waals surface area contributed by atoms with E-state index in [9.17, 15) is 14.0 Å². The molecule has 0 aliphatic carbocycles. The Balaban J connectivity index is 1.93. The molecule has 1 heterocycles. The summed E-state index contributed by atoms with van der Waals surface area (Å²) < 4.78 is 18.6. The molecule has 4 nitrogen and oxygen atoms in total. The first-order valence-corrected chi connectivity index (χ1v) is 7.83. The topological polar surface area (TPSA) is 46.6 Å². The summed E-state index contributed by atoms with van der Waals surface area (Å²) in [6, 6.07) is 12.8. The SMILES string of the molecule is CCN(C(=O)C1(C)Cc2ccccc2C(=O)O1)c1ccc(F)cc1. The molecule has 0 saturated heterocycles. The van der Waals surface area contributed by atoms with Crippen LogP contribution in [0.4, 0.5) is 10.1 Å². The lowest BCUT2D eigenvalue weighted by molar-refractivity contribution is -0.136. The average molecular weight is 327 g/mol. The first kappa shape index (κ1) is 16.2. The normalized spacial score (nSPS) is 19.4. The van der Waals surface area contributed by atoms with Gasteiger partial charge < -0.3 is 9.64 Å². The second-order valence-corrected chi connectivity index (χ2v) is 5.98. The number of carbonyl (C=O) groups is 2. The van der Waals surface area contributed by atoms with Gasteiger partial charge in [-0.2, -0.15) is 0 Å². The van der Waals surface area contributed by atoms with Crippen molar-refractivity contribution in [1.29, 1.82) is 0 Å².